The van der Waals surface area contributed by atoms with Crippen molar-refractivity contribution in [1.29, 1.82) is 5.26 Å². The first-order chi connectivity index (χ1) is 16.9. The van der Waals surface area contributed by atoms with Crippen LogP contribution < -0.4 is 5.56 Å². The molecule has 11 nitrogen and oxygen atoms in total. The predicted octanol–water partition coefficient (Wildman–Crippen LogP) is 1.26. The number of hydrogen-bond donors (Lipinski definition) is 2. The SMILES string of the molecule is CC(CO)c1nc(-c2ncn3c2c(=O)n(CCN2CCCC(O)C2)c2c(C#N)c(F)ccc23)no1. The van der Waals surface area contributed by atoms with Crippen molar-refractivity contribution in [2.45, 2.75) is 38.3 Å². The molecule has 2 unspecified atom stereocenters. The zero-order valence-electron chi connectivity index (χ0n) is 19.1. The Morgan fingerprint density at radius 3 is 2.91 bits per heavy atom. The Hall–Kier alpha value is -3.66. The van der Waals surface area contributed by atoms with Crippen molar-refractivity contribution >= 4 is 16.6 Å². The minimum atomic E-state index is -0.720. The summed E-state index contributed by atoms with van der Waals surface area (Å²) in [6.07, 6.45) is 2.55. The first kappa shape index (κ1) is 23.1. The number of piperidine rings is 1. The van der Waals surface area contributed by atoms with Crippen LogP contribution in [-0.4, -0.2) is 71.6 Å². The monoisotopic (exact) mass is 481 g/mol. The van der Waals surface area contributed by atoms with E-state index in [4.69, 9.17) is 4.52 Å². The molecule has 2 atom stereocenters. The molecule has 0 radical (unpaired) electrons. The number of benzene rings is 1. The summed E-state index contributed by atoms with van der Waals surface area (Å²) >= 11 is 0. The van der Waals surface area contributed by atoms with Crippen molar-refractivity contribution in [3.63, 3.8) is 0 Å². The van der Waals surface area contributed by atoms with Crippen LogP contribution in [0, 0.1) is 17.1 Å². The van der Waals surface area contributed by atoms with Gasteiger partial charge in [0.25, 0.3) is 5.56 Å². The van der Waals surface area contributed by atoms with E-state index in [1.54, 1.807) is 6.92 Å². The van der Waals surface area contributed by atoms with Gasteiger partial charge in [0, 0.05) is 19.6 Å². The first-order valence-corrected chi connectivity index (χ1v) is 11.4. The van der Waals surface area contributed by atoms with Gasteiger partial charge in [-0.2, -0.15) is 10.2 Å². The molecule has 1 aliphatic rings. The second-order valence-corrected chi connectivity index (χ2v) is 8.81. The largest absolute Gasteiger partial charge is 0.396 e. The Morgan fingerprint density at radius 2 is 2.17 bits per heavy atom. The Balaban J connectivity index is 1.69. The number of hydrogen-bond acceptors (Lipinski definition) is 9. The summed E-state index contributed by atoms with van der Waals surface area (Å²) in [4.78, 5) is 24.5. The third-order valence-corrected chi connectivity index (χ3v) is 6.43. The molecule has 1 fully saturated rings. The zero-order chi connectivity index (χ0) is 24.7. The molecular formula is C23H24FN7O4. The number of rotatable bonds is 6. The molecule has 4 heterocycles. The van der Waals surface area contributed by atoms with Gasteiger partial charge in [-0.15, -0.1) is 0 Å². The maximum absolute atomic E-state index is 14.6. The molecule has 35 heavy (non-hydrogen) atoms. The smallest absolute Gasteiger partial charge is 0.277 e. The van der Waals surface area contributed by atoms with E-state index >= 15 is 0 Å². The molecule has 0 spiro atoms. The lowest BCUT2D eigenvalue weighted by Crippen LogP contribution is -2.41. The summed E-state index contributed by atoms with van der Waals surface area (Å²) in [7, 11) is 0. The van der Waals surface area contributed by atoms with Crippen LogP contribution in [-0.2, 0) is 6.54 Å². The third kappa shape index (κ3) is 3.97. The van der Waals surface area contributed by atoms with Gasteiger partial charge >= 0.3 is 0 Å². The van der Waals surface area contributed by atoms with Crippen LogP contribution in [0.15, 0.2) is 27.8 Å². The second-order valence-electron chi connectivity index (χ2n) is 8.81. The number of imidazole rings is 1. The van der Waals surface area contributed by atoms with E-state index in [-0.39, 0.29) is 53.1 Å². The van der Waals surface area contributed by atoms with E-state index in [0.717, 1.165) is 19.4 Å². The van der Waals surface area contributed by atoms with Gasteiger partial charge in [0.05, 0.1) is 29.7 Å². The van der Waals surface area contributed by atoms with Gasteiger partial charge in [-0.25, -0.2) is 9.37 Å². The lowest BCUT2D eigenvalue weighted by Gasteiger charge is -2.30. The van der Waals surface area contributed by atoms with Gasteiger partial charge in [-0.3, -0.25) is 14.1 Å². The van der Waals surface area contributed by atoms with Gasteiger partial charge in [0.1, 0.15) is 35.0 Å². The fraction of sp³-hybridized carbons (Fsp3) is 0.435. The molecule has 2 N–H and O–H groups in total. The summed E-state index contributed by atoms with van der Waals surface area (Å²) in [5.74, 6) is -0.805. The van der Waals surface area contributed by atoms with Gasteiger partial charge in [0.2, 0.25) is 11.7 Å². The maximum Gasteiger partial charge on any atom is 0.277 e. The summed E-state index contributed by atoms with van der Waals surface area (Å²) < 4.78 is 22.7. The molecule has 3 aromatic heterocycles. The summed E-state index contributed by atoms with van der Waals surface area (Å²) in [5.41, 5.74) is 0.245. The fourth-order valence-electron chi connectivity index (χ4n) is 4.56. The number of aliphatic hydroxyl groups is 2. The Labute approximate surface area is 198 Å². The summed E-state index contributed by atoms with van der Waals surface area (Å²) in [6, 6.07) is 4.58. The highest BCUT2D eigenvalue weighted by Crippen LogP contribution is 2.26. The van der Waals surface area contributed by atoms with Crippen molar-refractivity contribution in [3.05, 3.63) is 46.1 Å². The number of nitrogens with zero attached hydrogens (tertiary/aromatic N) is 7. The maximum atomic E-state index is 14.6. The third-order valence-electron chi connectivity index (χ3n) is 6.43. The lowest BCUT2D eigenvalue weighted by atomic mass is 10.1. The molecule has 182 valence electrons. The number of likely N-dealkylation sites (tertiary alicyclic amines) is 1. The highest BCUT2D eigenvalue weighted by molar-refractivity contribution is 5.87. The van der Waals surface area contributed by atoms with E-state index in [1.807, 2.05) is 11.0 Å². The standard InChI is InChI=1S/C23H24FN7O4/c1-13(11-32)22-27-21(28-35-22)18-20-23(34)30(8-7-29-6-2-3-14(33)10-29)19-15(9-25)16(24)4-5-17(19)31(20)12-26-18/h4-5,12-14,32-33H,2-3,6-8,10-11H2,1H3. The number of aromatic nitrogens is 5. The average Bonchev–Trinajstić information content (AvgIpc) is 3.51. The van der Waals surface area contributed by atoms with E-state index in [0.29, 0.717) is 18.6 Å². The summed E-state index contributed by atoms with van der Waals surface area (Å²) in [6.45, 7) is 3.42. The van der Waals surface area contributed by atoms with E-state index < -0.39 is 17.5 Å². The minimum Gasteiger partial charge on any atom is -0.396 e. The Kier molecular flexibility index (Phi) is 6.06. The van der Waals surface area contributed by atoms with Crippen molar-refractivity contribution in [2.24, 2.45) is 0 Å². The van der Waals surface area contributed by atoms with Crippen molar-refractivity contribution in [1.82, 2.24) is 29.0 Å². The van der Waals surface area contributed by atoms with Crippen LogP contribution in [0.25, 0.3) is 28.1 Å². The van der Waals surface area contributed by atoms with Crippen molar-refractivity contribution in [2.75, 3.05) is 26.2 Å². The quantitative estimate of drug-likeness (QED) is 0.416. The molecule has 0 aliphatic carbocycles. The van der Waals surface area contributed by atoms with Crippen LogP contribution in [0.1, 0.15) is 37.1 Å². The average molecular weight is 481 g/mol. The molecule has 0 saturated carbocycles. The van der Waals surface area contributed by atoms with Crippen LogP contribution >= 0.6 is 0 Å². The van der Waals surface area contributed by atoms with Gasteiger partial charge in [-0.05, 0) is 31.5 Å². The Morgan fingerprint density at radius 1 is 1.34 bits per heavy atom. The molecule has 1 saturated heterocycles. The number of halogens is 1. The number of nitriles is 1. The van der Waals surface area contributed by atoms with Crippen LogP contribution in [0.3, 0.4) is 0 Å². The predicted molar refractivity (Wildman–Crippen MR) is 122 cm³/mol. The summed E-state index contributed by atoms with van der Waals surface area (Å²) in [5, 5.41) is 33.0. The normalized spacial score (nSPS) is 17.7. The van der Waals surface area contributed by atoms with Gasteiger partial charge in [0.15, 0.2) is 0 Å². The molecule has 1 aliphatic heterocycles. The van der Waals surface area contributed by atoms with Crippen LogP contribution in [0.4, 0.5) is 4.39 Å². The van der Waals surface area contributed by atoms with Crippen LogP contribution in [0.5, 0.6) is 0 Å². The number of β-amino-alcohol motifs (C(OH)–C–C–N with tert-alkyl or cyclic N) is 1. The van der Waals surface area contributed by atoms with Crippen molar-refractivity contribution in [3.8, 4) is 17.6 Å². The topological polar surface area (TPSA) is 146 Å². The Bertz CT molecular complexity index is 1500. The highest BCUT2D eigenvalue weighted by Gasteiger charge is 2.25. The fourth-order valence-corrected chi connectivity index (χ4v) is 4.56. The van der Waals surface area contributed by atoms with Gasteiger partial charge < -0.3 is 19.3 Å². The molecule has 4 aromatic rings. The second kappa shape index (κ2) is 9.18. The minimum absolute atomic E-state index is 0.0903. The molecule has 1 aromatic carbocycles. The van der Waals surface area contributed by atoms with E-state index in [1.165, 1.54) is 27.4 Å². The number of fused-ring (bicyclic) bond motifs is 3. The van der Waals surface area contributed by atoms with E-state index in [9.17, 15) is 24.7 Å². The van der Waals surface area contributed by atoms with E-state index in [2.05, 4.69) is 15.1 Å². The van der Waals surface area contributed by atoms with Gasteiger partial charge in [-0.1, -0.05) is 12.1 Å². The zero-order valence-corrected chi connectivity index (χ0v) is 19.1. The number of aliphatic hydroxyl groups excluding tert-OH is 2. The highest BCUT2D eigenvalue weighted by atomic mass is 19.1. The molecular weight excluding hydrogens is 457 g/mol. The molecule has 0 bridgehead atoms. The van der Waals surface area contributed by atoms with Crippen LogP contribution in [0.2, 0.25) is 0 Å². The lowest BCUT2D eigenvalue weighted by molar-refractivity contribution is 0.0690. The molecule has 0 amide bonds. The molecule has 12 heteroatoms. The molecule has 5 rings (SSSR count). The van der Waals surface area contributed by atoms with Crippen molar-refractivity contribution < 1.29 is 19.1 Å². The first-order valence-electron chi connectivity index (χ1n) is 11.4.